The van der Waals surface area contributed by atoms with E-state index in [2.05, 4.69) is 4.90 Å². The summed E-state index contributed by atoms with van der Waals surface area (Å²) >= 11 is 0. The van der Waals surface area contributed by atoms with E-state index in [9.17, 15) is 4.79 Å². The van der Waals surface area contributed by atoms with Gasteiger partial charge in [0.05, 0.1) is 5.41 Å². The molecule has 2 aliphatic rings. The van der Waals surface area contributed by atoms with Gasteiger partial charge in [0.15, 0.2) is 0 Å². The Morgan fingerprint density at radius 1 is 1.67 bits per heavy atom. The Kier molecular flexibility index (Phi) is 2.36. The highest BCUT2D eigenvalue weighted by atomic mass is 35.5. The average molecular weight is 192 g/mol. The van der Waals surface area contributed by atoms with Crippen molar-refractivity contribution in [2.75, 3.05) is 20.1 Å². The van der Waals surface area contributed by atoms with Crippen LogP contribution in [0.2, 0.25) is 0 Å². The number of piperidine rings is 1. The van der Waals surface area contributed by atoms with Crippen molar-refractivity contribution < 1.29 is 9.90 Å². The molecule has 2 atom stereocenters. The Morgan fingerprint density at radius 3 is 2.83 bits per heavy atom. The van der Waals surface area contributed by atoms with E-state index in [-0.39, 0.29) is 17.8 Å². The summed E-state index contributed by atoms with van der Waals surface area (Å²) < 4.78 is 0. The summed E-state index contributed by atoms with van der Waals surface area (Å²) in [5.74, 6) is -0.106. The first-order valence-corrected chi connectivity index (χ1v) is 4.07. The van der Waals surface area contributed by atoms with E-state index >= 15 is 0 Å². The number of hydrogen-bond acceptors (Lipinski definition) is 2. The molecular weight excluding hydrogens is 178 g/mol. The van der Waals surface area contributed by atoms with Crippen molar-refractivity contribution >= 4 is 18.4 Å². The smallest absolute Gasteiger partial charge is 0.311 e. The highest BCUT2D eigenvalue weighted by Gasteiger charge is 2.61. The van der Waals surface area contributed by atoms with Crippen LogP contribution in [0, 0.1) is 11.3 Å². The lowest BCUT2D eigenvalue weighted by Crippen LogP contribution is -2.38. The number of carboxylic acids is 1. The molecule has 1 saturated heterocycles. The summed E-state index contributed by atoms with van der Waals surface area (Å²) in [4.78, 5) is 13.0. The van der Waals surface area contributed by atoms with E-state index in [1.165, 1.54) is 0 Å². The fourth-order valence-electron chi connectivity index (χ4n) is 2.22. The van der Waals surface area contributed by atoms with Crippen LogP contribution in [0.25, 0.3) is 0 Å². The van der Waals surface area contributed by atoms with Crippen LogP contribution in [0.1, 0.15) is 12.8 Å². The van der Waals surface area contributed by atoms with Gasteiger partial charge in [-0.1, -0.05) is 0 Å². The van der Waals surface area contributed by atoms with Gasteiger partial charge in [-0.05, 0) is 32.4 Å². The lowest BCUT2D eigenvalue weighted by molar-refractivity contribution is -0.145. The van der Waals surface area contributed by atoms with Crippen molar-refractivity contribution in [2.24, 2.45) is 11.3 Å². The standard InChI is InChI=1S/C8H13NO2.ClH/c1-9-3-2-6-4-8(6,5-9)7(10)11;/h6H,2-5H2,1H3,(H,10,11);1H. The summed E-state index contributed by atoms with van der Waals surface area (Å²) in [6.45, 7) is 1.83. The monoisotopic (exact) mass is 191 g/mol. The molecule has 0 radical (unpaired) electrons. The van der Waals surface area contributed by atoms with Crippen LogP contribution >= 0.6 is 12.4 Å². The van der Waals surface area contributed by atoms with Crippen molar-refractivity contribution in [3.05, 3.63) is 0 Å². The number of aliphatic carboxylic acids is 1. The Labute approximate surface area is 78.2 Å². The van der Waals surface area contributed by atoms with Crippen molar-refractivity contribution in [2.45, 2.75) is 12.8 Å². The Balaban J connectivity index is 0.000000720. The molecule has 0 amide bonds. The molecule has 1 aliphatic heterocycles. The van der Waals surface area contributed by atoms with Gasteiger partial charge in [0.1, 0.15) is 0 Å². The molecule has 0 aromatic carbocycles. The fourth-order valence-corrected chi connectivity index (χ4v) is 2.22. The van der Waals surface area contributed by atoms with Crippen LogP contribution in [-0.2, 0) is 4.79 Å². The number of likely N-dealkylation sites (tertiary alicyclic amines) is 1. The summed E-state index contributed by atoms with van der Waals surface area (Å²) in [6, 6.07) is 0. The van der Waals surface area contributed by atoms with Crippen LogP contribution in [0.4, 0.5) is 0 Å². The first kappa shape index (κ1) is 9.81. The predicted octanol–water partition coefficient (Wildman–Crippen LogP) is 0.835. The van der Waals surface area contributed by atoms with Crippen molar-refractivity contribution in [1.82, 2.24) is 4.90 Å². The van der Waals surface area contributed by atoms with Gasteiger partial charge in [0, 0.05) is 6.54 Å². The molecule has 1 saturated carbocycles. The van der Waals surface area contributed by atoms with E-state index in [1.54, 1.807) is 0 Å². The van der Waals surface area contributed by atoms with Gasteiger partial charge in [0.25, 0.3) is 0 Å². The molecule has 4 heteroatoms. The van der Waals surface area contributed by atoms with E-state index in [4.69, 9.17) is 5.11 Å². The minimum absolute atomic E-state index is 0. The zero-order valence-corrected chi connectivity index (χ0v) is 7.93. The van der Waals surface area contributed by atoms with Gasteiger partial charge in [-0.3, -0.25) is 4.79 Å². The second-order valence-electron chi connectivity index (χ2n) is 3.89. The fraction of sp³-hybridized carbons (Fsp3) is 0.875. The van der Waals surface area contributed by atoms with Gasteiger partial charge < -0.3 is 10.0 Å². The topological polar surface area (TPSA) is 40.5 Å². The number of carbonyl (C=O) groups is 1. The SMILES string of the molecule is CN1CCC2CC2(C(=O)O)C1.Cl. The lowest BCUT2D eigenvalue weighted by Gasteiger charge is -2.26. The molecule has 2 unspecified atom stereocenters. The highest BCUT2D eigenvalue weighted by Crippen LogP contribution is 2.57. The molecule has 0 spiro atoms. The Bertz CT molecular complexity index is 209. The van der Waals surface area contributed by atoms with Gasteiger partial charge in [-0.2, -0.15) is 0 Å². The van der Waals surface area contributed by atoms with Crippen LogP contribution < -0.4 is 0 Å². The van der Waals surface area contributed by atoms with Crippen molar-refractivity contribution in [3.63, 3.8) is 0 Å². The maximum Gasteiger partial charge on any atom is 0.311 e. The Morgan fingerprint density at radius 2 is 2.33 bits per heavy atom. The summed E-state index contributed by atoms with van der Waals surface area (Å²) in [7, 11) is 2.00. The predicted molar refractivity (Wildman–Crippen MR) is 47.5 cm³/mol. The highest BCUT2D eigenvalue weighted by molar-refractivity contribution is 5.85. The van der Waals surface area contributed by atoms with E-state index < -0.39 is 5.97 Å². The van der Waals surface area contributed by atoms with Crippen molar-refractivity contribution in [1.29, 1.82) is 0 Å². The molecule has 70 valence electrons. The quantitative estimate of drug-likeness (QED) is 0.668. The molecule has 0 bridgehead atoms. The molecule has 2 rings (SSSR count). The van der Waals surface area contributed by atoms with Gasteiger partial charge in [-0.15, -0.1) is 12.4 Å². The van der Waals surface area contributed by atoms with Crippen molar-refractivity contribution in [3.8, 4) is 0 Å². The van der Waals surface area contributed by atoms with Gasteiger partial charge in [0.2, 0.25) is 0 Å². The molecular formula is C8H14ClNO2. The first-order chi connectivity index (χ1) is 5.15. The molecule has 12 heavy (non-hydrogen) atoms. The largest absolute Gasteiger partial charge is 0.481 e. The third-order valence-corrected chi connectivity index (χ3v) is 3.07. The number of carboxylic acid groups (broad SMARTS) is 1. The number of fused-ring (bicyclic) bond motifs is 1. The maximum absolute atomic E-state index is 10.8. The minimum atomic E-state index is -0.589. The third-order valence-electron chi connectivity index (χ3n) is 3.07. The van der Waals surface area contributed by atoms with E-state index in [0.29, 0.717) is 5.92 Å². The lowest BCUT2D eigenvalue weighted by atomic mass is 9.98. The van der Waals surface area contributed by atoms with Crippen LogP contribution in [0.3, 0.4) is 0 Å². The van der Waals surface area contributed by atoms with Crippen LogP contribution in [0.5, 0.6) is 0 Å². The molecule has 1 heterocycles. The molecule has 1 aliphatic carbocycles. The molecule has 0 aromatic rings. The number of nitrogens with zero attached hydrogens (tertiary/aromatic N) is 1. The van der Waals surface area contributed by atoms with Crippen LogP contribution in [0.15, 0.2) is 0 Å². The summed E-state index contributed by atoms with van der Waals surface area (Å²) in [6.07, 6.45) is 1.98. The first-order valence-electron chi connectivity index (χ1n) is 4.07. The molecule has 3 nitrogen and oxygen atoms in total. The average Bonchev–Trinajstić information content (AvgIpc) is 2.62. The molecule has 0 aromatic heterocycles. The molecule has 1 N–H and O–H groups in total. The van der Waals surface area contributed by atoms with Gasteiger partial charge >= 0.3 is 5.97 Å². The number of halogens is 1. The second-order valence-corrected chi connectivity index (χ2v) is 3.89. The number of rotatable bonds is 1. The normalized spacial score (nSPS) is 39.6. The number of hydrogen-bond donors (Lipinski definition) is 1. The van der Waals surface area contributed by atoms with E-state index in [1.807, 2.05) is 7.05 Å². The zero-order valence-electron chi connectivity index (χ0n) is 7.12. The Hall–Kier alpha value is -0.280. The maximum atomic E-state index is 10.8. The summed E-state index contributed by atoms with van der Waals surface area (Å²) in [5.41, 5.74) is -0.340. The van der Waals surface area contributed by atoms with Crippen LogP contribution in [-0.4, -0.2) is 36.1 Å². The molecule has 2 fully saturated rings. The third kappa shape index (κ3) is 1.21. The van der Waals surface area contributed by atoms with Gasteiger partial charge in [-0.25, -0.2) is 0 Å². The minimum Gasteiger partial charge on any atom is -0.481 e. The zero-order chi connectivity index (χ0) is 8.06. The second kappa shape index (κ2) is 2.89. The van der Waals surface area contributed by atoms with E-state index in [0.717, 1.165) is 25.9 Å². The summed E-state index contributed by atoms with van der Waals surface area (Å²) in [5, 5.41) is 8.93.